The third-order valence-corrected chi connectivity index (χ3v) is 6.20. The molecule has 3 aromatic rings. The van der Waals surface area contributed by atoms with Gasteiger partial charge in [0.15, 0.2) is 0 Å². The van der Waals surface area contributed by atoms with Gasteiger partial charge in [-0.25, -0.2) is 0 Å². The lowest BCUT2D eigenvalue weighted by molar-refractivity contribution is -0.137. The van der Waals surface area contributed by atoms with Crippen molar-refractivity contribution < 1.29 is 32.6 Å². The molecule has 198 valence electrons. The average Bonchev–Trinajstić information content (AvgIpc) is 3.17. The van der Waals surface area contributed by atoms with Crippen molar-refractivity contribution >= 4 is 28.8 Å². The van der Waals surface area contributed by atoms with Crippen LogP contribution in [-0.4, -0.2) is 37.5 Å². The number of benzene rings is 3. The highest BCUT2D eigenvalue weighted by atomic mass is 19.4. The number of carbonyl (C=O) groups excluding carboxylic acids is 2. The Morgan fingerprint density at radius 1 is 1.00 bits per heavy atom. The van der Waals surface area contributed by atoms with Crippen LogP contribution >= 0.6 is 0 Å². The van der Waals surface area contributed by atoms with E-state index < -0.39 is 35.2 Å². The summed E-state index contributed by atoms with van der Waals surface area (Å²) in [7, 11) is 3.69. The molecule has 1 aliphatic rings. The van der Waals surface area contributed by atoms with Gasteiger partial charge in [-0.3, -0.25) is 14.5 Å². The van der Waals surface area contributed by atoms with Crippen LogP contribution < -0.4 is 14.5 Å². The number of ether oxygens (including phenoxy) is 1. The second-order valence-electron chi connectivity index (χ2n) is 9.08. The highest BCUT2D eigenvalue weighted by Crippen LogP contribution is 2.44. The molecule has 0 aromatic heterocycles. The number of hydrogen-bond acceptors (Lipinski definition) is 5. The zero-order chi connectivity index (χ0) is 27.6. The Morgan fingerprint density at radius 2 is 1.68 bits per heavy atom. The second kappa shape index (κ2) is 10.6. The second-order valence-corrected chi connectivity index (χ2v) is 9.08. The Balaban J connectivity index is 1.90. The van der Waals surface area contributed by atoms with E-state index in [0.717, 1.165) is 29.1 Å². The van der Waals surface area contributed by atoms with Crippen LogP contribution in [0, 0.1) is 0 Å². The van der Waals surface area contributed by atoms with Crippen molar-refractivity contribution in [3.05, 3.63) is 95.1 Å². The molecule has 0 radical (unpaired) electrons. The first kappa shape index (κ1) is 26.8. The number of halogens is 3. The van der Waals surface area contributed by atoms with Gasteiger partial charge in [-0.15, -0.1) is 0 Å². The van der Waals surface area contributed by atoms with Crippen LogP contribution in [-0.2, 0) is 15.8 Å². The Labute approximate surface area is 218 Å². The van der Waals surface area contributed by atoms with Crippen molar-refractivity contribution in [1.29, 1.82) is 0 Å². The van der Waals surface area contributed by atoms with E-state index in [4.69, 9.17) is 4.74 Å². The molecule has 1 unspecified atom stereocenters. The van der Waals surface area contributed by atoms with Gasteiger partial charge in [0.25, 0.3) is 11.7 Å². The molecule has 0 bridgehead atoms. The van der Waals surface area contributed by atoms with E-state index in [-0.39, 0.29) is 16.8 Å². The predicted molar refractivity (Wildman–Crippen MR) is 139 cm³/mol. The topological polar surface area (TPSA) is 70.1 Å². The maximum absolute atomic E-state index is 13.5. The lowest BCUT2D eigenvalue weighted by Crippen LogP contribution is -2.29. The van der Waals surface area contributed by atoms with Gasteiger partial charge in [-0.1, -0.05) is 37.3 Å². The summed E-state index contributed by atoms with van der Waals surface area (Å²) in [5.74, 6) is -2.01. The van der Waals surface area contributed by atoms with Crippen LogP contribution in [0.2, 0.25) is 0 Å². The molecule has 0 aliphatic carbocycles. The summed E-state index contributed by atoms with van der Waals surface area (Å²) in [6.07, 6.45) is -3.88. The van der Waals surface area contributed by atoms with E-state index in [1.807, 2.05) is 25.9 Å². The molecule has 1 amide bonds. The first-order chi connectivity index (χ1) is 18.0. The van der Waals surface area contributed by atoms with Crippen LogP contribution in [0.4, 0.5) is 24.5 Å². The van der Waals surface area contributed by atoms with E-state index in [2.05, 4.69) is 0 Å². The number of nitrogens with zero attached hydrogens (tertiary/aromatic N) is 2. The molecule has 1 aliphatic heterocycles. The molecule has 1 N–H and O–H groups in total. The standard InChI is InChI=1S/C29H27F3N2O4/c1-4-15-38-23-10-5-7-19(16-23)26(35)24-25(18-11-13-21(14-12-18)33(2)3)34(28(37)27(24)36)22-9-6-8-20(17-22)29(30,31)32/h5-14,16-17,25,35H,4,15H2,1-3H3/b26-24+. The van der Waals surface area contributed by atoms with Crippen LogP contribution in [0.5, 0.6) is 5.75 Å². The van der Waals surface area contributed by atoms with Gasteiger partial charge in [0.1, 0.15) is 11.5 Å². The summed E-state index contributed by atoms with van der Waals surface area (Å²) < 4.78 is 46.1. The van der Waals surface area contributed by atoms with Crippen molar-refractivity contribution in [3.63, 3.8) is 0 Å². The number of rotatable bonds is 7. The third-order valence-electron chi connectivity index (χ3n) is 6.20. The number of amides is 1. The maximum Gasteiger partial charge on any atom is 0.416 e. The van der Waals surface area contributed by atoms with Crippen molar-refractivity contribution in [2.24, 2.45) is 0 Å². The molecule has 1 heterocycles. The Hall–Kier alpha value is -4.27. The number of anilines is 2. The summed E-state index contributed by atoms with van der Waals surface area (Å²) in [5, 5.41) is 11.3. The average molecular weight is 525 g/mol. The highest BCUT2D eigenvalue weighted by Gasteiger charge is 2.47. The first-order valence-electron chi connectivity index (χ1n) is 12.0. The molecule has 6 nitrogen and oxygen atoms in total. The van der Waals surface area contributed by atoms with Gasteiger partial charge < -0.3 is 14.7 Å². The van der Waals surface area contributed by atoms with E-state index in [0.29, 0.717) is 17.9 Å². The van der Waals surface area contributed by atoms with Crippen molar-refractivity contribution in [1.82, 2.24) is 0 Å². The van der Waals surface area contributed by atoms with E-state index >= 15 is 0 Å². The number of aliphatic hydroxyl groups is 1. The molecule has 1 saturated heterocycles. The van der Waals surface area contributed by atoms with Crippen LogP contribution in [0.1, 0.15) is 36.1 Å². The van der Waals surface area contributed by atoms with Gasteiger partial charge in [0.05, 0.1) is 23.8 Å². The predicted octanol–water partition coefficient (Wildman–Crippen LogP) is 6.19. The van der Waals surface area contributed by atoms with Crippen LogP contribution in [0.25, 0.3) is 5.76 Å². The quantitative estimate of drug-likeness (QED) is 0.227. The van der Waals surface area contributed by atoms with Gasteiger partial charge >= 0.3 is 6.18 Å². The Kier molecular flexibility index (Phi) is 7.48. The summed E-state index contributed by atoms with van der Waals surface area (Å²) in [6.45, 7) is 2.39. The molecule has 9 heteroatoms. The minimum atomic E-state index is -4.65. The largest absolute Gasteiger partial charge is 0.507 e. The molecule has 38 heavy (non-hydrogen) atoms. The molecule has 0 saturated carbocycles. The number of ketones is 1. The van der Waals surface area contributed by atoms with Gasteiger partial charge in [-0.05, 0) is 54.4 Å². The first-order valence-corrected chi connectivity index (χ1v) is 12.0. The van der Waals surface area contributed by atoms with Crippen molar-refractivity contribution in [3.8, 4) is 5.75 Å². The summed E-state index contributed by atoms with van der Waals surface area (Å²) in [4.78, 5) is 29.5. The fourth-order valence-electron chi connectivity index (χ4n) is 4.31. The number of aliphatic hydroxyl groups excluding tert-OH is 1. The van der Waals surface area contributed by atoms with Gasteiger partial charge in [0.2, 0.25) is 0 Å². The van der Waals surface area contributed by atoms with E-state index in [9.17, 15) is 27.9 Å². The van der Waals surface area contributed by atoms with Crippen molar-refractivity contribution in [2.45, 2.75) is 25.6 Å². The molecule has 0 spiro atoms. The third kappa shape index (κ3) is 5.22. The molecule has 3 aromatic carbocycles. The smallest absolute Gasteiger partial charge is 0.416 e. The normalized spacial score (nSPS) is 17.1. The lowest BCUT2D eigenvalue weighted by Gasteiger charge is -2.26. The summed E-state index contributed by atoms with van der Waals surface area (Å²) in [5.41, 5.74) is 0.243. The summed E-state index contributed by atoms with van der Waals surface area (Å²) >= 11 is 0. The molecule has 1 atom stereocenters. The number of alkyl halides is 3. The number of Topliss-reactive ketones (excluding diaryl/α,β-unsaturated/α-hetero) is 1. The minimum absolute atomic E-state index is 0.109. The maximum atomic E-state index is 13.5. The molecule has 1 fully saturated rings. The number of carbonyl (C=O) groups is 2. The van der Waals surface area contributed by atoms with Crippen LogP contribution in [0.3, 0.4) is 0 Å². The fourth-order valence-corrected chi connectivity index (χ4v) is 4.31. The van der Waals surface area contributed by atoms with E-state index in [1.54, 1.807) is 48.5 Å². The zero-order valence-electron chi connectivity index (χ0n) is 21.1. The Bertz CT molecular complexity index is 1380. The van der Waals surface area contributed by atoms with Crippen molar-refractivity contribution in [2.75, 3.05) is 30.5 Å². The Morgan fingerprint density at radius 3 is 2.32 bits per heavy atom. The SMILES string of the molecule is CCCOc1cccc(/C(O)=C2\C(=O)C(=O)N(c3cccc(C(F)(F)F)c3)C2c2ccc(N(C)C)cc2)c1. The zero-order valence-corrected chi connectivity index (χ0v) is 21.1. The fraction of sp³-hybridized carbons (Fsp3) is 0.241. The molecule has 4 rings (SSSR count). The lowest BCUT2D eigenvalue weighted by atomic mass is 9.94. The molecular formula is C29H27F3N2O4. The van der Waals surface area contributed by atoms with Crippen LogP contribution in [0.15, 0.2) is 78.4 Å². The summed E-state index contributed by atoms with van der Waals surface area (Å²) in [6, 6.07) is 16.4. The number of hydrogen-bond donors (Lipinski definition) is 1. The van der Waals surface area contributed by atoms with Gasteiger partial charge in [0, 0.05) is 31.0 Å². The van der Waals surface area contributed by atoms with Gasteiger partial charge in [-0.2, -0.15) is 13.2 Å². The minimum Gasteiger partial charge on any atom is -0.507 e. The van der Waals surface area contributed by atoms with E-state index in [1.165, 1.54) is 12.1 Å². The monoisotopic (exact) mass is 524 g/mol. The molecular weight excluding hydrogens is 497 g/mol. The highest BCUT2D eigenvalue weighted by molar-refractivity contribution is 6.51.